The number of hydrogen-bond acceptors (Lipinski definition) is 3. The van der Waals surface area contributed by atoms with Crippen LogP contribution in [-0.2, 0) is 9.59 Å². The molecule has 0 aromatic carbocycles. The Morgan fingerprint density at radius 1 is 1.20 bits per heavy atom. The third kappa shape index (κ3) is 5.49. The van der Waals surface area contributed by atoms with Crippen LogP contribution in [0.25, 0.3) is 0 Å². The van der Waals surface area contributed by atoms with Crippen molar-refractivity contribution in [2.75, 3.05) is 6.54 Å². The molecule has 20 heavy (non-hydrogen) atoms. The van der Waals surface area contributed by atoms with Crippen molar-refractivity contribution in [3.8, 4) is 0 Å². The Kier molecular flexibility index (Phi) is 6.46. The minimum atomic E-state index is -0.491. The van der Waals surface area contributed by atoms with Gasteiger partial charge in [-0.3, -0.25) is 9.59 Å². The lowest BCUT2D eigenvalue weighted by molar-refractivity contribution is -0.131. The van der Waals surface area contributed by atoms with Crippen LogP contribution in [0.15, 0.2) is 0 Å². The predicted molar refractivity (Wildman–Crippen MR) is 79.9 cm³/mol. The van der Waals surface area contributed by atoms with Gasteiger partial charge >= 0.3 is 0 Å². The highest BCUT2D eigenvalue weighted by molar-refractivity contribution is 5.88. The van der Waals surface area contributed by atoms with E-state index in [9.17, 15) is 9.59 Å². The standard InChI is InChI=1S/C15H29N3O2/c1-9(2)8-17-14(19)11(4)18-15(20)12-5-10(3)6-13(16)7-12/h9-13H,5-8,16H2,1-4H3,(H,17,19)(H,18,20). The molecule has 0 aromatic rings. The lowest BCUT2D eigenvalue weighted by Crippen LogP contribution is -2.49. The first-order chi connectivity index (χ1) is 9.29. The van der Waals surface area contributed by atoms with Gasteiger partial charge in [-0.1, -0.05) is 20.8 Å². The monoisotopic (exact) mass is 283 g/mol. The Labute approximate surface area is 122 Å². The summed E-state index contributed by atoms with van der Waals surface area (Å²) in [5.74, 6) is 0.645. The van der Waals surface area contributed by atoms with Crippen molar-refractivity contribution in [3.05, 3.63) is 0 Å². The van der Waals surface area contributed by atoms with E-state index in [1.165, 1.54) is 0 Å². The Morgan fingerprint density at radius 2 is 1.85 bits per heavy atom. The van der Waals surface area contributed by atoms with Crippen molar-refractivity contribution in [3.63, 3.8) is 0 Å². The lowest BCUT2D eigenvalue weighted by Gasteiger charge is -2.31. The third-order valence-corrected chi connectivity index (χ3v) is 3.79. The van der Waals surface area contributed by atoms with Crippen LogP contribution in [0.4, 0.5) is 0 Å². The van der Waals surface area contributed by atoms with Gasteiger partial charge in [-0.2, -0.15) is 0 Å². The average Bonchev–Trinajstić information content (AvgIpc) is 2.34. The first-order valence-electron chi connectivity index (χ1n) is 7.63. The van der Waals surface area contributed by atoms with Crippen molar-refractivity contribution in [2.24, 2.45) is 23.5 Å². The maximum absolute atomic E-state index is 12.2. The molecule has 1 saturated carbocycles. The van der Waals surface area contributed by atoms with Gasteiger partial charge in [0.25, 0.3) is 0 Å². The van der Waals surface area contributed by atoms with Crippen LogP contribution in [0.3, 0.4) is 0 Å². The molecule has 0 aliphatic heterocycles. The molecule has 1 aliphatic rings. The SMILES string of the molecule is CC(C)CNC(=O)C(C)NC(=O)C1CC(C)CC(N)C1. The quantitative estimate of drug-likeness (QED) is 0.704. The zero-order chi connectivity index (χ0) is 15.3. The molecule has 1 rings (SSSR count). The first kappa shape index (κ1) is 17.0. The van der Waals surface area contributed by atoms with Crippen molar-refractivity contribution >= 4 is 11.8 Å². The summed E-state index contributed by atoms with van der Waals surface area (Å²) in [5.41, 5.74) is 5.97. The highest BCUT2D eigenvalue weighted by Crippen LogP contribution is 2.28. The van der Waals surface area contributed by atoms with Gasteiger partial charge in [0.2, 0.25) is 11.8 Å². The zero-order valence-corrected chi connectivity index (χ0v) is 13.1. The van der Waals surface area contributed by atoms with E-state index in [0.29, 0.717) is 18.4 Å². The molecule has 0 bridgehead atoms. The fraction of sp³-hybridized carbons (Fsp3) is 0.867. The molecule has 4 unspecified atom stereocenters. The van der Waals surface area contributed by atoms with E-state index in [4.69, 9.17) is 5.73 Å². The molecular weight excluding hydrogens is 254 g/mol. The topological polar surface area (TPSA) is 84.2 Å². The van der Waals surface area contributed by atoms with Gasteiger partial charge in [0.1, 0.15) is 6.04 Å². The summed E-state index contributed by atoms with van der Waals surface area (Å²) in [6.07, 6.45) is 2.56. The number of nitrogens with two attached hydrogens (primary N) is 1. The summed E-state index contributed by atoms with van der Waals surface area (Å²) >= 11 is 0. The van der Waals surface area contributed by atoms with Gasteiger partial charge in [0.05, 0.1) is 0 Å². The van der Waals surface area contributed by atoms with Gasteiger partial charge in [0, 0.05) is 18.5 Å². The highest BCUT2D eigenvalue weighted by atomic mass is 16.2. The second-order valence-electron chi connectivity index (χ2n) is 6.64. The molecule has 5 nitrogen and oxygen atoms in total. The van der Waals surface area contributed by atoms with Crippen molar-refractivity contribution in [2.45, 2.75) is 59.0 Å². The van der Waals surface area contributed by atoms with Crippen molar-refractivity contribution < 1.29 is 9.59 Å². The normalized spacial score (nSPS) is 28.0. The van der Waals surface area contributed by atoms with E-state index < -0.39 is 6.04 Å². The van der Waals surface area contributed by atoms with Crippen molar-refractivity contribution in [1.29, 1.82) is 0 Å². The molecule has 1 fully saturated rings. The maximum atomic E-state index is 12.2. The van der Waals surface area contributed by atoms with Crippen LogP contribution in [0.5, 0.6) is 0 Å². The lowest BCUT2D eigenvalue weighted by atomic mass is 9.79. The summed E-state index contributed by atoms with van der Waals surface area (Å²) in [5, 5.41) is 5.64. The van der Waals surface area contributed by atoms with Crippen LogP contribution in [0, 0.1) is 17.8 Å². The maximum Gasteiger partial charge on any atom is 0.242 e. The summed E-state index contributed by atoms with van der Waals surface area (Å²) < 4.78 is 0. The molecule has 1 aliphatic carbocycles. The predicted octanol–water partition coefficient (Wildman–Crippen LogP) is 1.03. The van der Waals surface area contributed by atoms with Gasteiger partial charge in [-0.25, -0.2) is 0 Å². The third-order valence-electron chi connectivity index (χ3n) is 3.79. The average molecular weight is 283 g/mol. The van der Waals surface area contributed by atoms with E-state index in [1.807, 2.05) is 13.8 Å². The fourth-order valence-corrected chi connectivity index (χ4v) is 2.73. The van der Waals surface area contributed by atoms with Crippen LogP contribution in [0.2, 0.25) is 0 Å². The number of carbonyl (C=O) groups is 2. The highest BCUT2D eigenvalue weighted by Gasteiger charge is 2.30. The van der Waals surface area contributed by atoms with E-state index in [1.54, 1.807) is 6.92 Å². The van der Waals surface area contributed by atoms with Crippen LogP contribution in [0.1, 0.15) is 47.0 Å². The van der Waals surface area contributed by atoms with Gasteiger partial charge in [-0.15, -0.1) is 0 Å². The molecule has 0 aromatic heterocycles. The molecule has 2 amide bonds. The van der Waals surface area contributed by atoms with E-state index in [0.717, 1.165) is 19.3 Å². The smallest absolute Gasteiger partial charge is 0.242 e. The largest absolute Gasteiger partial charge is 0.354 e. The second-order valence-corrected chi connectivity index (χ2v) is 6.64. The molecule has 0 heterocycles. The number of rotatable bonds is 5. The minimum Gasteiger partial charge on any atom is -0.354 e. The van der Waals surface area contributed by atoms with Crippen LogP contribution < -0.4 is 16.4 Å². The number of hydrogen-bond donors (Lipinski definition) is 3. The van der Waals surface area contributed by atoms with Crippen LogP contribution in [-0.4, -0.2) is 30.4 Å². The van der Waals surface area contributed by atoms with E-state index >= 15 is 0 Å². The Balaban J connectivity index is 2.42. The van der Waals surface area contributed by atoms with Gasteiger partial charge in [0.15, 0.2) is 0 Å². The second kappa shape index (κ2) is 7.62. The number of carbonyl (C=O) groups excluding carboxylic acids is 2. The van der Waals surface area contributed by atoms with Crippen molar-refractivity contribution in [1.82, 2.24) is 10.6 Å². The molecule has 4 atom stereocenters. The first-order valence-corrected chi connectivity index (χ1v) is 7.63. The molecule has 0 spiro atoms. The molecule has 0 radical (unpaired) electrons. The number of amides is 2. The molecule has 0 saturated heterocycles. The number of nitrogens with one attached hydrogen (secondary N) is 2. The fourth-order valence-electron chi connectivity index (χ4n) is 2.73. The van der Waals surface area contributed by atoms with E-state index in [2.05, 4.69) is 17.6 Å². The zero-order valence-electron chi connectivity index (χ0n) is 13.1. The molecule has 4 N–H and O–H groups in total. The Bertz CT molecular complexity index is 334. The van der Waals surface area contributed by atoms with Gasteiger partial charge in [-0.05, 0) is 38.0 Å². The summed E-state index contributed by atoms with van der Waals surface area (Å²) in [7, 11) is 0. The van der Waals surface area contributed by atoms with Gasteiger partial charge < -0.3 is 16.4 Å². The van der Waals surface area contributed by atoms with Crippen LogP contribution >= 0.6 is 0 Å². The molecular formula is C15H29N3O2. The Morgan fingerprint density at radius 3 is 2.40 bits per heavy atom. The summed E-state index contributed by atoms with van der Waals surface area (Å²) in [6.45, 7) is 8.55. The Hall–Kier alpha value is -1.10. The minimum absolute atomic E-state index is 0.0424. The molecule has 116 valence electrons. The summed E-state index contributed by atoms with van der Waals surface area (Å²) in [6, 6.07) is -0.394. The molecule has 5 heteroatoms. The van der Waals surface area contributed by atoms with E-state index in [-0.39, 0.29) is 23.8 Å². The summed E-state index contributed by atoms with van der Waals surface area (Å²) in [4.78, 5) is 24.0.